The molecule has 24 N–H and O–H groups in total. The van der Waals surface area contributed by atoms with Crippen LogP contribution in [-0.4, -0.2) is 459 Å². The predicted molar refractivity (Wildman–Crippen MR) is 383 cm³/mol. The van der Waals surface area contributed by atoms with Gasteiger partial charge in [0.1, 0.15) is 181 Å². The minimum Gasteiger partial charge on any atom is -0.481 e. The van der Waals surface area contributed by atoms with Crippen LogP contribution >= 0.6 is 45.1 Å². The van der Waals surface area contributed by atoms with Gasteiger partial charge in [0.05, 0.1) is 77.6 Å². The van der Waals surface area contributed by atoms with Crippen LogP contribution in [0.3, 0.4) is 0 Å². The number of nitrogens with zero attached hydrogens (tertiary/aromatic N) is 1. The Hall–Kier alpha value is -2.65. The van der Waals surface area contributed by atoms with Crippen molar-refractivity contribution < 1.29 is 202 Å². The Morgan fingerprint density at radius 1 is 0.439 bits per heavy atom. The lowest BCUT2D eigenvalue weighted by Crippen LogP contribution is -2.68. The molecule has 48 heteroatoms. The number of likely N-dealkylation sites (N-methyl/N-ethyl adjacent to an activating group) is 1. The van der Waals surface area contributed by atoms with Crippen LogP contribution in [0, 0.1) is 5.92 Å². The third-order valence-electron chi connectivity index (χ3n) is 19.5. The molecular formula is C66H107N3O41S4. The molecule has 21 saturated heterocycles. The maximum absolute atomic E-state index is 13.0. The van der Waals surface area contributed by atoms with Gasteiger partial charge in [0, 0.05) is 60.8 Å². The van der Waals surface area contributed by atoms with Crippen molar-refractivity contribution in [3.8, 4) is 0 Å². The Morgan fingerprint density at radius 3 is 1.04 bits per heavy atom. The number of aliphatic hydroxyl groups excluding tert-OH is 19. The van der Waals surface area contributed by atoms with E-state index in [0.29, 0.717) is 0 Å². The van der Waals surface area contributed by atoms with E-state index in [-0.39, 0.29) is 62.3 Å². The van der Waals surface area contributed by atoms with E-state index in [1.165, 1.54) is 14.0 Å². The van der Waals surface area contributed by atoms with Gasteiger partial charge in [-0.1, -0.05) is 16.9 Å². The summed E-state index contributed by atoms with van der Waals surface area (Å²) in [4.78, 5) is 52.9. The molecule has 21 aliphatic heterocycles. The Kier molecular flexibility index (Phi) is 40.0. The predicted octanol–water partition coefficient (Wildman–Crippen LogP) is -11.2. The smallest absolute Gasteiger partial charge is 0.321 e. The monoisotopic (exact) mass is 1730 g/mol. The molecule has 0 aliphatic carbocycles. The van der Waals surface area contributed by atoms with Gasteiger partial charge in [-0.25, -0.2) is 4.98 Å². The van der Waals surface area contributed by atoms with Crippen LogP contribution in [-0.2, 0) is 95.0 Å². The lowest BCUT2D eigenvalue weighted by Gasteiger charge is -2.50. The summed E-state index contributed by atoms with van der Waals surface area (Å²) in [7, 11) is 4.76. The van der Waals surface area contributed by atoms with Crippen LogP contribution in [0.4, 0.5) is 0 Å². The fourth-order valence-electron chi connectivity index (χ4n) is 13.2. The second-order valence-electron chi connectivity index (χ2n) is 27.6. The summed E-state index contributed by atoms with van der Waals surface area (Å²) in [5, 5.41) is 240. The van der Waals surface area contributed by atoms with Gasteiger partial charge in [-0.2, -0.15) is 23.5 Å². The van der Waals surface area contributed by atoms with Crippen molar-refractivity contribution in [2.24, 2.45) is 11.7 Å². The highest BCUT2D eigenvalue weighted by Crippen LogP contribution is 2.40. The minimum atomic E-state index is -2.31. The maximum atomic E-state index is 13.0. The second kappa shape index (κ2) is 47.1. The zero-order valence-corrected chi connectivity index (χ0v) is 64.9. The number of pyridine rings is 1. The minimum absolute atomic E-state index is 0.0645. The lowest BCUT2D eigenvalue weighted by molar-refractivity contribution is -0.395. The molecule has 1 aromatic heterocycles. The number of thioether (sulfide) groups is 2. The Labute approximate surface area is 668 Å². The van der Waals surface area contributed by atoms with Crippen LogP contribution in [0.1, 0.15) is 26.2 Å². The number of aromatic nitrogens is 1. The first-order valence-electron chi connectivity index (χ1n) is 36.5. The molecule has 0 radical (unpaired) electrons. The first kappa shape index (κ1) is 96.8. The van der Waals surface area contributed by atoms with Crippen LogP contribution in [0.15, 0.2) is 29.4 Å². The number of nitrogens with one attached hydrogen (secondary N) is 1. The van der Waals surface area contributed by atoms with Gasteiger partial charge in [0.2, 0.25) is 0 Å². The topological polar surface area (TPSA) is 692 Å². The van der Waals surface area contributed by atoms with Crippen molar-refractivity contribution in [3.05, 3.63) is 24.4 Å². The molecule has 22 heterocycles. The Balaban J connectivity index is 0.00000136. The van der Waals surface area contributed by atoms with Gasteiger partial charge >= 0.3 is 11.9 Å². The van der Waals surface area contributed by atoms with Gasteiger partial charge in [0.25, 0.3) is 0 Å². The average Bonchev–Trinajstić information content (AvgIpc) is 0.779. The third-order valence-corrected chi connectivity index (χ3v) is 24.2. The second-order valence-corrected chi connectivity index (χ2v) is 32.2. The van der Waals surface area contributed by atoms with Crippen molar-refractivity contribution in [1.82, 2.24) is 10.3 Å². The number of hydrogen-bond acceptors (Lipinski definition) is 46. The molecule has 656 valence electrons. The molecular weight excluding hydrogens is 1620 g/mol. The summed E-state index contributed by atoms with van der Waals surface area (Å²) >= 11 is 1.66. The molecule has 0 spiro atoms. The van der Waals surface area contributed by atoms with Gasteiger partial charge in [-0.3, -0.25) is 19.2 Å². The first-order chi connectivity index (χ1) is 54.4. The van der Waals surface area contributed by atoms with E-state index in [2.05, 4.69) is 10.3 Å². The zero-order valence-electron chi connectivity index (χ0n) is 61.6. The molecule has 14 bridgehead atoms. The first-order valence-corrected chi connectivity index (χ1v) is 41.2. The summed E-state index contributed by atoms with van der Waals surface area (Å²) in [5.41, 5.74) is 5.34. The lowest BCUT2D eigenvalue weighted by atomic mass is 9.95. The molecule has 44 nitrogen and oxygen atoms in total. The van der Waals surface area contributed by atoms with Crippen LogP contribution in [0.5, 0.6) is 0 Å². The van der Waals surface area contributed by atoms with E-state index in [0.717, 1.165) is 40.8 Å². The normalized spacial score (nSPS) is 41.5. The Morgan fingerprint density at radius 2 is 0.754 bits per heavy atom. The SMILES string of the molecule is CNC(CSCC1O[C@H]2O[C@@H]3C(CO)O[C@H](O[C@@H]4C(CO)O[C@H](O[C@@H]5C(CO)O[C@@H](O[C@@H]6C(CSC[C@@H](CC(=O)CCOCCOCCC(C)=O)C(=O)O)O[C@H](O[C@@H]7C(CO)O[C@@H](O[C@@H]8C(CO)O[C@@H](O[C@H]1[C@H](O)C2O)C(O)[C@H]8O)C(O)[C@H]7O)C(O)[C@H]6O)C(O)[C@H]5O)C(O)[C@H]4O)C(O)[C@H]3O)C(=O)O.NCCSSc1ccccn1. The number of carboxylic acids is 2. The highest BCUT2D eigenvalue weighted by Gasteiger charge is 2.60. The number of aliphatic carboxylic acids is 2. The molecule has 0 saturated carbocycles. The number of carbonyl (C=O) groups excluding carboxylic acids is 2. The summed E-state index contributed by atoms with van der Waals surface area (Å²) in [5.74, 6) is -5.11. The summed E-state index contributed by atoms with van der Waals surface area (Å²) in [6.45, 7) is -3.18. The number of ether oxygens (including phenoxy) is 16. The zero-order chi connectivity index (χ0) is 83.4. The van der Waals surface area contributed by atoms with E-state index in [1.807, 2.05) is 18.2 Å². The molecule has 0 aromatic carbocycles. The van der Waals surface area contributed by atoms with E-state index < -0.39 is 290 Å². The molecule has 21 fully saturated rings. The average molecular weight is 1730 g/mol. The number of hydrogen-bond donors (Lipinski definition) is 23. The van der Waals surface area contributed by atoms with Crippen LogP contribution < -0.4 is 11.1 Å². The number of ketones is 2. The third kappa shape index (κ3) is 25.3. The molecule has 0 amide bonds. The number of nitrogens with two attached hydrogens (primary N) is 1. The van der Waals surface area contributed by atoms with Gasteiger partial charge in [-0.05, 0) is 36.9 Å². The highest BCUT2D eigenvalue weighted by atomic mass is 33.1. The molecule has 21 aliphatic rings. The van der Waals surface area contributed by atoms with Crippen LogP contribution in [0.2, 0.25) is 0 Å². The van der Waals surface area contributed by atoms with E-state index >= 15 is 0 Å². The summed E-state index contributed by atoms with van der Waals surface area (Å²) in [6, 6.07) is 4.71. The quantitative estimate of drug-likeness (QED) is 0.0242. The number of carbonyl (C=O) groups is 4. The fourth-order valence-corrected chi connectivity index (χ4v) is 17.3. The number of Topliss-reactive ketones (excluding diaryl/α,β-unsaturated/α-hetero) is 2. The molecule has 22 rings (SSSR count). The van der Waals surface area contributed by atoms with E-state index in [9.17, 15) is 126 Å². The Bertz CT molecular complexity index is 3020. The number of rotatable bonds is 31. The van der Waals surface area contributed by atoms with Crippen molar-refractivity contribution in [3.63, 3.8) is 0 Å². The van der Waals surface area contributed by atoms with Crippen molar-refractivity contribution in [2.75, 3.05) is 102 Å². The number of aliphatic hydroxyl groups is 19. The maximum Gasteiger partial charge on any atom is 0.321 e. The van der Waals surface area contributed by atoms with E-state index in [4.69, 9.17) is 81.5 Å². The summed E-state index contributed by atoms with van der Waals surface area (Å²) in [6.07, 6.45) is -71.3. The molecule has 114 heavy (non-hydrogen) atoms. The van der Waals surface area contributed by atoms with Gasteiger partial charge in [-0.15, -0.1) is 0 Å². The van der Waals surface area contributed by atoms with Gasteiger partial charge < -0.3 is 194 Å². The summed E-state index contributed by atoms with van der Waals surface area (Å²) < 4.78 is 93.3. The van der Waals surface area contributed by atoms with Gasteiger partial charge in [0.15, 0.2) is 44.0 Å². The van der Waals surface area contributed by atoms with Crippen LogP contribution in [0.25, 0.3) is 0 Å². The highest BCUT2D eigenvalue weighted by molar-refractivity contribution is 8.76. The molecule has 15 unspecified atom stereocenters. The largest absolute Gasteiger partial charge is 0.481 e. The molecule has 1 aromatic rings. The molecule has 37 atom stereocenters. The van der Waals surface area contributed by atoms with E-state index in [1.54, 1.807) is 27.8 Å². The standard InChI is InChI=1S/C59H97NO41S2.C7H10N2S2/c1-19(66)3-5-86-7-8-87-6-4-21(67)9-20(51(82)83)15-102-17-28-49-35(73)42(80)58(93-28)98-47-26(13-64)89-55(38(76)31(47)69)97-46-25(12-63)92-57(41(79)34(46)72)101-50-29(18-103-16-22(60-2)52(84)85)94-59(43(81)36(50)74)99-48-27(14-65)90-54(39(77)32(48)70)95-44-23(10-61)88-53(37(75)30(44)68)96-45-24(11-62)91-56(100-49)40(78)33(45)71;8-4-6-10-11-7-3-1-2-5-9-7/h20,22-50,53-65,68-81H,3-18H2,1-2H3,(H,82,83)(H,84,85);1-3,5H,4,6,8H2/t20-,22?,23?,24?,25?,26?,27?,28?,29?,30-,31-,32-,33-,34-,35-,36-,37?,38?,39?,40?,41?,42?,43?,44-,45-,46-,47-,48-,49-,50-,53-,54-,55+,56+,57+,58-,59+;/m1./s1. The number of carboxylic acid groups (broad SMARTS) is 2. The van der Waals surface area contributed by atoms with Crippen molar-refractivity contribution in [2.45, 2.75) is 252 Å². The van der Waals surface area contributed by atoms with Crippen molar-refractivity contribution >= 4 is 68.6 Å². The van der Waals surface area contributed by atoms with Crippen molar-refractivity contribution in [1.29, 1.82) is 0 Å². The fraction of sp³-hybridized carbons (Fsp3) is 0.864.